The summed E-state index contributed by atoms with van der Waals surface area (Å²) in [6, 6.07) is 12.5. The smallest absolute Gasteiger partial charge is 0.222 e. The first-order valence-electron chi connectivity index (χ1n) is 10.00. The van der Waals surface area contributed by atoms with Crippen molar-refractivity contribution >= 4 is 11.7 Å². The number of aryl methyl sites for hydroxylation is 1. The monoisotopic (exact) mass is 364 g/mol. The van der Waals surface area contributed by atoms with E-state index in [9.17, 15) is 4.79 Å². The molecule has 3 heterocycles. The fourth-order valence-corrected chi connectivity index (χ4v) is 4.57. The number of anilines is 1. The van der Waals surface area contributed by atoms with Gasteiger partial charge in [0.2, 0.25) is 5.91 Å². The van der Waals surface area contributed by atoms with Crippen LogP contribution < -0.4 is 4.90 Å². The average Bonchev–Trinajstić information content (AvgIpc) is 2.70. The molecule has 1 aromatic carbocycles. The second-order valence-electron chi connectivity index (χ2n) is 8.04. The summed E-state index contributed by atoms with van der Waals surface area (Å²) in [7, 11) is 0. The summed E-state index contributed by atoms with van der Waals surface area (Å²) in [6.07, 6.45) is 6.79. The largest absolute Gasteiger partial charge is 0.356 e. The number of aromatic nitrogens is 2. The number of rotatable bonds is 4. The van der Waals surface area contributed by atoms with Crippen LogP contribution in [0.2, 0.25) is 0 Å². The van der Waals surface area contributed by atoms with Crippen LogP contribution in [-0.4, -0.2) is 47.0 Å². The van der Waals surface area contributed by atoms with Crippen LogP contribution in [-0.2, 0) is 11.2 Å². The topological polar surface area (TPSA) is 49.3 Å². The van der Waals surface area contributed by atoms with Gasteiger partial charge in [0.05, 0.1) is 0 Å². The number of benzene rings is 1. The molecule has 5 heteroatoms. The van der Waals surface area contributed by atoms with Crippen LogP contribution in [0.4, 0.5) is 5.82 Å². The van der Waals surface area contributed by atoms with Gasteiger partial charge in [-0.25, -0.2) is 9.97 Å². The molecule has 0 N–H and O–H groups in total. The van der Waals surface area contributed by atoms with Crippen LogP contribution in [0.1, 0.15) is 37.1 Å². The Hall–Kier alpha value is -2.43. The Labute approximate surface area is 161 Å². The quantitative estimate of drug-likeness (QED) is 0.836. The molecule has 27 heavy (non-hydrogen) atoms. The Kier molecular flexibility index (Phi) is 5.10. The predicted octanol–water partition coefficient (Wildman–Crippen LogP) is 3.24. The van der Waals surface area contributed by atoms with Gasteiger partial charge in [-0.1, -0.05) is 30.3 Å². The molecule has 2 fully saturated rings. The molecule has 1 aromatic heterocycles. The molecule has 0 aliphatic carbocycles. The van der Waals surface area contributed by atoms with Crippen molar-refractivity contribution in [1.29, 1.82) is 0 Å². The Morgan fingerprint density at radius 2 is 1.96 bits per heavy atom. The molecule has 2 aliphatic rings. The standard InChI is InChI=1S/C22H28N4O/c1-18-23-13-9-20(24-18)25-14-5-11-22(16-25)12-8-21(27)26(17-22)15-10-19-6-3-2-4-7-19/h2-4,6-7,9,13H,5,8,10-12,14-17H2,1H3/t22-/m1/s1. The van der Waals surface area contributed by atoms with Gasteiger partial charge in [-0.3, -0.25) is 4.79 Å². The van der Waals surface area contributed by atoms with E-state index in [1.54, 1.807) is 0 Å². The normalized spacial score (nSPS) is 23.1. The summed E-state index contributed by atoms with van der Waals surface area (Å²) in [5, 5.41) is 0. The van der Waals surface area contributed by atoms with Gasteiger partial charge in [-0.05, 0) is 44.2 Å². The maximum atomic E-state index is 12.5. The lowest BCUT2D eigenvalue weighted by Gasteiger charge is -2.48. The van der Waals surface area contributed by atoms with E-state index >= 15 is 0 Å². The van der Waals surface area contributed by atoms with E-state index in [-0.39, 0.29) is 5.41 Å². The minimum atomic E-state index is 0.196. The lowest BCUT2D eigenvalue weighted by atomic mass is 9.73. The molecule has 0 bridgehead atoms. The maximum absolute atomic E-state index is 12.5. The van der Waals surface area contributed by atoms with E-state index in [0.29, 0.717) is 12.3 Å². The Morgan fingerprint density at radius 3 is 2.78 bits per heavy atom. The second kappa shape index (κ2) is 7.67. The first kappa shape index (κ1) is 18.0. The van der Waals surface area contributed by atoms with Gasteiger partial charge in [-0.15, -0.1) is 0 Å². The molecular formula is C22H28N4O. The zero-order chi connectivity index (χ0) is 18.7. The highest BCUT2D eigenvalue weighted by molar-refractivity contribution is 5.77. The first-order chi connectivity index (χ1) is 13.1. The van der Waals surface area contributed by atoms with E-state index in [1.807, 2.05) is 25.3 Å². The van der Waals surface area contributed by atoms with Crippen molar-refractivity contribution in [3.63, 3.8) is 0 Å². The number of hydrogen-bond donors (Lipinski definition) is 0. The molecule has 2 aliphatic heterocycles. The van der Waals surface area contributed by atoms with Crippen molar-refractivity contribution in [2.75, 3.05) is 31.1 Å². The van der Waals surface area contributed by atoms with Crippen LogP contribution in [0.5, 0.6) is 0 Å². The summed E-state index contributed by atoms with van der Waals surface area (Å²) in [5.74, 6) is 2.15. The number of amides is 1. The number of likely N-dealkylation sites (tertiary alicyclic amines) is 1. The molecule has 2 saturated heterocycles. The lowest BCUT2D eigenvalue weighted by molar-refractivity contribution is -0.137. The highest BCUT2D eigenvalue weighted by Gasteiger charge is 2.41. The third-order valence-corrected chi connectivity index (χ3v) is 6.01. The minimum Gasteiger partial charge on any atom is -0.356 e. The molecule has 0 radical (unpaired) electrons. The minimum absolute atomic E-state index is 0.196. The van der Waals surface area contributed by atoms with Gasteiger partial charge in [0.1, 0.15) is 11.6 Å². The highest BCUT2D eigenvalue weighted by Crippen LogP contribution is 2.39. The first-order valence-corrected chi connectivity index (χ1v) is 10.00. The molecule has 5 nitrogen and oxygen atoms in total. The van der Waals surface area contributed by atoms with Gasteiger partial charge in [-0.2, -0.15) is 0 Å². The van der Waals surface area contributed by atoms with E-state index in [0.717, 1.165) is 57.1 Å². The number of piperidine rings is 2. The summed E-state index contributed by atoms with van der Waals surface area (Å²) in [6.45, 7) is 5.65. The fourth-order valence-electron chi connectivity index (χ4n) is 4.57. The molecule has 4 rings (SSSR count). The number of carbonyl (C=O) groups excluding carboxylic acids is 1. The van der Waals surface area contributed by atoms with Crippen LogP contribution in [0, 0.1) is 12.3 Å². The lowest BCUT2D eigenvalue weighted by Crippen LogP contribution is -2.54. The fraction of sp³-hybridized carbons (Fsp3) is 0.500. The van der Waals surface area contributed by atoms with Crippen molar-refractivity contribution in [2.24, 2.45) is 5.41 Å². The Morgan fingerprint density at radius 1 is 1.11 bits per heavy atom. The van der Waals surface area contributed by atoms with Gasteiger partial charge in [0, 0.05) is 44.2 Å². The van der Waals surface area contributed by atoms with Crippen LogP contribution in [0.25, 0.3) is 0 Å². The maximum Gasteiger partial charge on any atom is 0.222 e. The van der Waals surface area contributed by atoms with Crippen molar-refractivity contribution in [1.82, 2.24) is 14.9 Å². The van der Waals surface area contributed by atoms with E-state index in [4.69, 9.17) is 0 Å². The average molecular weight is 364 g/mol. The number of hydrogen-bond acceptors (Lipinski definition) is 4. The van der Waals surface area contributed by atoms with Crippen molar-refractivity contribution in [3.8, 4) is 0 Å². The van der Waals surface area contributed by atoms with Crippen molar-refractivity contribution in [2.45, 2.75) is 39.0 Å². The van der Waals surface area contributed by atoms with Gasteiger partial charge >= 0.3 is 0 Å². The summed E-state index contributed by atoms with van der Waals surface area (Å²) in [4.78, 5) is 25.9. The third-order valence-electron chi connectivity index (χ3n) is 6.01. The molecule has 0 unspecified atom stereocenters. The highest BCUT2D eigenvalue weighted by atomic mass is 16.2. The van der Waals surface area contributed by atoms with Crippen molar-refractivity contribution < 1.29 is 4.79 Å². The Bertz CT molecular complexity index is 794. The summed E-state index contributed by atoms with van der Waals surface area (Å²) in [5.41, 5.74) is 1.49. The second-order valence-corrected chi connectivity index (χ2v) is 8.04. The summed E-state index contributed by atoms with van der Waals surface area (Å²) < 4.78 is 0. The third kappa shape index (κ3) is 4.12. The van der Waals surface area contributed by atoms with E-state index < -0.39 is 0 Å². The van der Waals surface area contributed by atoms with Gasteiger partial charge in [0.25, 0.3) is 0 Å². The summed E-state index contributed by atoms with van der Waals surface area (Å²) >= 11 is 0. The van der Waals surface area contributed by atoms with Gasteiger partial charge in [0.15, 0.2) is 0 Å². The SMILES string of the molecule is Cc1nccc(N2CCC[C@@]3(CCC(=O)N(CCc4ccccc4)C3)C2)n1. The zero-order valence-corrected chi connectivity index (χ0v) is 16.1. The van der Waals surface area contributed by atoms with Gasteiger partial charge < -0.3 is 9.80 Å². The molecule has 1 spiro atoms. The predicted molar refractivity (Wildman–Crippen MR) is 107 cm³/mol. The molecule has 0 saturated carbocycles. The van der Waals surface area contributed by atoms with Crippen LogP contribution >= 0.6 is 0 Å². The van der Waals surface area contributed by atoms with E-state index in [1.165, 1.54) is 12.0 Å². The molecule has 1 atom stereocenters. The Balaban J connectivity index is 1.44. The van der Waals surface area contributed by atoms with Crippen LogP contribution in [0.15, 0.2) is 42.6 Å². The molecular weight excluding hydrogens is 336 g/mol. The van der Waals surface area contributed by atoms with Crippen molar-refractivity contribution in [3.05, 3.63) is 54.0 Å². The van der Waals surface area contributed by atoms with Crippen LogP contribution in [0.3, 0.4) is 0 Å². The number of carbonyl (C=O) groups is 1. The molecule has 2 aromatic rings. The zero-order valence-electron chi connectivity index (χ0n) is 16.1. The number of nitrogens with zero attached hydrogens (tertiary/aromatic N) is 4. The molecule has 1 amide bonds. The molecule has 142 valence electrons. The van der Waals surface area contributed by atoms with E-state index in [2.05, 4.69) is 44.0 Å².